The highest BCUT2D eigenvalue weighted by Gasteiger charge is 2.44. The van der Waals surface area contributed by atoms with E-state index in [1.807, 2.05) is 21.3 Å². The topological polar surface area (TPSA) is 55.4 Å². The summed E-state index contributed by atoms with van der Waals surface area (Å²) in [6, 6.07) is 0. The molecule has 0 atom stereocenters. The Labute approximate surface area is 182 Å². The highest BCUT2D eigenvalue weighted by molar-refractivity contribution is 4.83. The summed E-state index contributed by atoms with van der Waals surface area (Å²) in [5.74, 6) is 1.32. The lowest BCUT2D eigenvalue weighted by Gasteiger charge is -2.46. The smallest absolute Gasteiger partial charge is 0.166 e. The van der Waals surface area contributed by atoms with Crippen molar-refractivity contribution in [1.82, 2.24) is 0 Å². The first-order valence-electron chi connectivity index (χ1n) is 12.2. The minimum absolute atomic E-state index is 0.146. The van der Waals surface area contributed by atoms with E-state index in [0.29, 0.717) is 36.1 Å². The third kappa shape index (κ3) is 5.57. The van der Waals surface area contributed by atoms with Crippen LogP contribution in [0.5, 0.6) is 0 Å². The molecule has 1 heterocycles. The maximum Gasteiger partial charge on any atom is 0.166 e. The average Bonchev–Trinajstić information content (AvgIpc) is 2.84. The predicted octanol–water partition coefficient (Wildman–Crippen LogP) is 4.64. The van der Waals surface area contributed by atoms with E-state index in [0.717, 1.165) is 77.0 Å². The monoisotopic (exact) mass is 426 g/mol. The van der Waals surface area contributed by atoms with E-state index in [1.165, 1.54) is 0 Å². The van der Waals surface area contributed by atoms with E-state index >= 15 is 0 Å². The van der Waals surface area contributed by atoms with Crippen molar-refractivity contribution in [3.8, 4) is 0 Å². The molecule has 4 rings (SSSR count). The molecule has 0 spiro atoms. The van der Waals surface area contributed by atoms with Crippen LogP contribution < -0.4 is 0 Å². The zero-order valence-electron chi connectivity index (χ0n) is 19.1. The summed E-state index contributed by atoms with van der Waals surface area (Å²) in [5, 5.41) is 0. The van der Waals surface area contributed by atoms with E-state index in [4.69, 9.17) is 28.4 Å². The van der Waals surface area contributed by atoms with Crippen LogP contribution in [-0.2, 0) is 28.4 Å². The Morgan fingerprint density at radius 3 is 0.833 bits per heavy atom. The molecule has 0 unspecified atom stereocenters. The Morgan fingerprint density at radius 1 is 0.400 bits per heavy atom. The van der Waals surface area contributed by atoms with E-state index in [9.17, 15) is 0 Å². The second-order valence-corrected chi connectivity index (χ2v) is 9.83. The number of ether oxygens (including phenoxy) is 6. The molecule has 30 heavy (non-hydrogen) atoms. The van der Waals surface area contributed by atoms with Gasteiger partial charge in [0.2, 0.25) is 0 Å². The van der Waals surface area contributed by atoms with Crippen LogP contribution in [0.15, 0.2) is 0 Å². The van der Waals surface area contributed by atoms with Crippen molar-refractivity contribution in [2.24, 2.45) is 17.8 Å². The lowest BCUT2D eigenvalue weighted by Crippen LogP contribution is -2.51. The predicted molar refractivity (Wildman–Crippen MR) is 113 cm³/mol. The van der Waals surface area contributed by atoms with Gasteiger partial charge < -0.3 is 28.4 Å². The molecular weight excluding hydrogens is 384 g/mol. The van der Waals surface area contributed by atoms with Gasteiger partial charge in [0.15, 0.2) is 18.9 Å². The van der Waals surface area contributed by atoms with Gasteiger partial charge in [0.1, 0.15) is 0 Å². The standard InChI is InChI=1S/C24H42O6/c1-25-19-10-4-16(5-11-19)22-28-23(17-6-12-20(26-2)13-7-17)30-24(29-22)18-8-14-21(27-3)15-9-18/h16-24H,4-15H2,1-3H3. The Kier molecular flexibility index (Phi) is 8.46. The molecule has 1 saturated heterocycles. The van der Waals surface area contributed by atoms with Crippen LogP contribution in [-0.4, -0.2) is 58.5 Å². The molecule has 0 aromatic heterocycles. The quantitative estimate of drug-likeness (QED) is 0.617. The summed E-state index contributed by atoms with van der Waals surface area (Å²) in [4.78, 5) is 0. The van der Waals surface area contributed by atoms with E-state index in [1.54, 1.807) is 0 Å². The van der Waals surface area contributed by atoms with Crippen LogP contribution >= 0.6 is 0 Å². The molecule has 4 fully saturated rings. The molecule has 0 aromatic carbocycles. The van der Waals surface area contributed by atoms with Gasteiger partial charge in [-0.05, 0) is 77.0 Å². The molecule has 174 valence electrons. The van der Waals surface area contributed by atoms with Crippen LogP contribution in [0, 0.1) is 17.8 Å². The van der Waals surface area contributed by atoms with Crippen LogP contribution in [0.25, 0.3) is 0 Å². The van der Waals surface area contributed by atoms with Gasteiger partial charge in [0.05, 0.1) is 18.3 Å². The second kappa shape index (κ2) is 11.1. The Morgan fingerprint density at radius 2 is 0.633 bits per heavy atom. The molecule has 0 bridgehead atoms. The summed E-state index contributed by atoms with van der Waals surface area (Å²) in [7, 11) is 5.47. The molecular formula is C24H42O6. The Hall–Kier alpha value is -0.240. The van der Waals surface area contributed by atoms with Gasteiger partial charge in [0, 0.05) is 39.1 Å². The van der Waals surface area contributed by atoms with Gasteiger partial charge in [0.25, 0.3) is 0 Å². The maximum atomic E-state index is 6.52. The van der Waals surface area contributed by atoms with E-state index in [2.05, 4.69) is 0 Å². The fourth-order valence-corrected chi connectivity index (χ4v) is 5.95. The summed E-state index contributed by atoms with van der Waals surface area (Å²) >= 11 is 0. The number of rotatable bonds is 6. The second-order valence-electron chi connectivity index (χ2n) is 9.83. The molecule has 4 aliphatic rings. The number of hydrogen-bond acceptors (Lipinski definition) is 6. The molecule has 6 heteroatoms. The van der Waals surface area contributed by atoms with Gasteiger partial charge in [-0.2, -0.15) is 0 Å². The SMILES string of the molecule is COC1CCC(C2OC(C3CCC(OC)CC3)OC(C3CCC(OC)CC3)O2)CC1. The molecule has 0 radical (unpaired) electrons. The van der Waals surface area contributed by atoms with Crippen LogP contribution in [0.4, 0.5) is 0 Å². The van der Waals surface area contributed by atoms with Crippen LogP contribution in [0.1, 0.15) is 77.0 Å². The molecule has 3 aliphatic carbocycles. The minimum Gasteiger partial charge on any atom is -0.381 e. The zero-order valence-corrected chi connectivity index (χ0v) is 19.1. The minimum atomic E-state index is -0.146. The molecule has 0 amide bonds. The third-order valence-electron chi connectivity index (χ3n) is 8.12. The van der Waals surface area contributed by atoms with Crippen molar-refractivity contribution in [2.75, 3.05) is 21.3 Å². The van der Waals surface area contributed by atoms with E-state index < -0.39 is 0 Å². The van der Waals surface area contributed by atoms with Gasteiger partial charge in [-0.1, -0.05) is 0 Å². The highest BCUT2D eigenvalue weighted by atomic mass is 16.9. The first-order valence-corrected chi connectivity index (χ1v) is 12.2. The van der Waals surface area contributed by atoms with Gasteiger partial charge >= 0.3 is 0 Å². The molecule has 3 saturated carbocycles. The van der Waals surface area contributed by atoms with Crippen molar-refractivity contribution in [2.45, 2.75) is 114 Å². The van der Waals surface area contributed by atoms with Crippen LogP contribution in [0.2, 0.25) is 0 Å². The lowest BCUT2D eigenvalue weighted by atomic mass is 9.84. The van der Waals surface area contributed by atoms with Gasteiger partial charge in [-0.15, -0.1) is 0 Å². The largest absolute Gasteiger partial charge is 0.381 e. The summed E-state index contributed by atoms with van der Waals surface area (Å²) in [6.07, 6.45) is 13.9. The molecule has 0 aromatic rings. The number of hydrogen-bond donors (Lipinski definition) is 0. The first-order chi connectivity index (χ1) is 14.7. The number of methoxy groups -OCH3 is 3. The van der Waals surface area contributed by atoms with Crippen molar-refractivity contribution in [3.05, 3.63) is 0 Å². The fourth-order valence-electron chi connectivity index (χ4n) is 5.95. The zero-order chi connectivity index (χ0) is 20.9. The lowest BCUT2D eigenvalue weighted by molar-refractivity contribution is -0.418. The van der Waals surface area contributed by atoms with Gasteiger partial charge in [-0.3, -0.25) is 0 Å². The molecule has 1 aliphatic heterocycles. The van der Waals surface area contributed by atoms with Crippen LogP contribution in [0.3, 0.4) is 0 Å². The van der Waals surface area contributed by atoms with Gasteiger partial charge in [-0.25, -0.2) is 0 Å². The normalized spacial score (nSPS) is 45.9. The van der Waals surface area contributed by atoms with Crippen molar-refractivity contribution in [3.63, 3.8) is 0 Å². The fraction of sp³-hybridized carbons (Fsp3) is 1.00. The Bertz CT molecular complexity index is 415. The maximum absolute atomic E-state index is 6.52. The first kappa shape index (κ1) is 22.9. The van der Waals surface area contributed by atoms with Crippen molar-refractivity contribution < 1.29 is 28.4 Å². The summed E-state index contributed by atoms with van der Waals surface area (Å²) in [6.45, 7) is 0. The Balaban J connectivity index is 1.40. The van der Waals surface area contributed by atoms with Crippen molar-refractivity contribution in [1.29, 1.82) is 0 Å². The van der Waals surface area contributed by atoms with E-state index in [-0.39, 0.29) is 18.9 Å². The van der Waals surface area contributed by atoms with Crippen molar-refractivity contribution >= 4 is 0 Å². The summed E-state index contributed by atoms with van der Waals surface area (Å²) < 4.78 is 36.3. The third-order valence-corrected chi connectivity index (χ3v) is 8.12. The summed E-state index contributed by atoms with van der Waals surface area (Å²) in [5.41, 5.74) is 0. The molecule has 0 N–H and O–H groups in total. The average molecular weight is 427 g/mol. The highest BCUT2D eigenvalue weighted by Crippen LogP contribution is 2.41. The molecule has 6 nitrogen and oxygen atoms in total.